The second-order valence-electron chi connectivity index (χ2n) is 7.13. The minimum absolute atomic E-state index is 0.105. The lowest BCUT2D eigenvalue weighted by Crippen LogP contribution is -2.41. The van der Waals surface area contributed by atoms with E-state index in [9.17, 15) is 14.0 Å². The van der Waals surface area contributed by atoms with E-state index in [2.05, 4.69) is 31.5 Å². The van der Waals surface area contributed by atoms with E-state index in [-0.39, 0.29) is 30.2 Å². The van der Waals surface area contributed by atoms with E-state index in [1.807, 2.05) is 24.3 Å². The number of anilines is 1. The van der Waals surface area contributed by atoms with Crippen molar-refractivity contribution >= 4 is 33.6 Å². The smallest absolute Gasteiger partial charge is 0.315 e. The topological polar surface area (TPSA) is 87.5 Å². The molecule has 0 radical (unpaired) electrons. The van der Waals surface area contributed by atoms with Gasteiger partial charge in [0.05, 0.1) is 5.92 Å². The summed E-state index contributed by atoms with van der Waals surface area (Å²) in [5, 5.41) is 5.51. The molecule has 1 fully saturated rings. The molecule has 0 bridgehead atoms. The third-order valence-electron chi connectivity index (χ3n) is 5.03. The summed E-state index contributed by atoms with van der Waals surface area (Å²) in [5.74, 6) is -0.694. The lowest BCUT2D eigenvalue weighted by molar-refractivity contribution is -0.122. The van der Waals surface area contributed by atoms with Crippen molar-refractivity contribution in [2.45, 2.75) is 25.9 Å². The van der Waals surface area contributed by atoms with Gasteiger partial charge in [0.15, 0.2) is 0 Å². The number of carbonyl (C=O) groups is 2. The maximum absolute atomic E-state index is 13.3. The molecule has 0 spiro atoms. The molecule has 8 heteroatoms. The molecule has 1 saturated heterocycles. The van der Waals surface area contributed by atoms with Crippen LogP contribution >= 0.6 is 15.9 Å². The quantitative estimate of drug-likeness (QED) is 0.615. The zero-order chi connectivity index (χ0) is 20.8. The summed E-state index contributed by atoms with van der Waals surface area (Å²) in [7, 11) is 0. The van der Waals surface area contributed by atoms with Crippen LogP contribution in [-0.4, -0.2) is 25.0 Å². The van der Waals surface area contributed by atoms with Crippen LogP contribution in [0, 0.1) is 11.7 Å². The molecule has 1 aliphatic rings. The molecule has 6 nitrogen and oxygen atoms in total. The number of primary amides is 1. The largest absolute Gasteiger partial charge is 0.371 e. The van der Waals surface area contributed by atoms with Gasteiger partial charge in [0.25, 0.3) is 0 Å². The van der Waals surface area contributed by atoms with Gasteiger partial charge in [-0.3, -0.25) is 4.79 Å². The van der Waals surface area contributed by atoms with Crippen LogP contribution in [0.5, 0.6) is 0 Å². The van der Waals surface area contributed by atoms with Crippen molar-refractivity contribution in [2.75, 3.05) is 18.0 Å². The molecule has 1 heterocycles. The van der Waals surface area contributed by atoms with Gasteiger partial charge in [-0.15, -0.1) is 0 Å². The van der Waals surface area contributed by atoms with Crippen LogP contribution in [0.1, 0.15) is 24.0 Å². The molecule has 3 rings (SSSR count). The highest BCUT2D eigenvalue weighted by atomic mass is 79.9. The fourth-order valence-electron chi connectivity index (χ4n) is 3.37. The van der Waals surface area contributed by atoms with Crippen LogP contribution in [-0.2, 0) is 17.9 Å². The summed E-state index contributed by atoms with van der Waals surface area (Å²) in [5.41, 5.74) is 8.11. The molecule has 3 amide bonds. The second kappa shape index (κ2) is 9.73. The summed E-state index contributed by atoms with van der Waals surface area (Å²) in [4.78, 5) is 25.6. The predicted molar refractivity (Wildman–Crippen MR) is 114 cm³/mol. The summed E-state index contributed by atoms with van der Waals surface area (Å²) in [6.45, 7) is 2.14. The standard InChI is InChI=1S/C21H24BrFN4O2/c22-19-8-5-17(23)10-16(19)12-26-21(29)25-11-14-3-6-18(7-4-14)27-9-1-2-15(13-27)20(24)28/h3-8,10,15H,1-2,9,11-13H2,(H2,24,28)(H2,25,26,29)/t15-/m1/s1. The molecule has 0 unspecified atom stereocenters. The SMILES string of the molecule is NC(=O)[C@@H]1CCCN(c2ccc(CNC(=O)NCc3cc(F)ccc3Br)cc2)C1. The number of halogens is 2. The molecule has 0 aliphatic carbocycles. The van der Waals surface area contributed by atoms with Gasteiger partial charge in [-0.05, 0) is 54.3 Å². The van der Waals surface area contributed by atoms with E-state index in [4.69, 9.17) is 5.73 Å². The minimum atomic E-state index is -0.346. The molecule has 2 aromatic rings. The highest BCUT2D eigenvalue weighted by Crippen LogP contribution is 2.23. The number of rotatable bonds is 6. The van der Waals surface area contributed by atoms with E-state index in [0.717, 1.165) is 35.1 Å². The lowest BCUT2D eigenvalue weighted by atomic mass is 9.97. The third-order valence-corrected chi connectivity index (χ3v) is 5.80. The number of urea groups is 1. The normalized spacial score (nSPS) is 16.3. The second-order valence-corrected chi connectivity index (χ2v) is 7.98. The summed E-state index contributed by atoms with van der Waals surface area (Å²) >= 11 is 3.34. The molecule has 154 valence electrons. The molecule has 0 saturated carbocycles. The summed E-state index contributed by atoms with van der Waals surface area (Å²) < 4.78 is 14.0. The Balaban J connectivity index is 1.48. The van der Waals surface area contributed by atoms with E-state index < -0.39 is 0 Å². The Morgan fingerprint density at radius 3 is 2.59 bits per heavy atom. The number of carbonyl (C=O) groups excluding carboxylic acids is 2. The highest BCUT2D eigenvalue weighted by Gasteiger charge is 2.24. The Bertz CT molecular complexity index is 875. The number of hydrogen-bond donors (Lipinski definition) is 3. The first-order valence-electron chi connectivity index (χ1n) is 9.51. The molecule has 2 aromatic carbocycles. The van der Waals surface area contributed by atoms with Crippen LogP contribution in [0.25, 0.3) is 0 Å². The Labute approximate surface area is 177 Å². The van der Waals surface area contributed by atoms with E-state index >= 15 is 0 Å². The summed E-state index contributed by atoms with van der Waals surface area (Å²) in [6.07, 6.45) is 1.79. The first-order valence-corrected chi connectivity index (χ1v) is 10.3. The number of hydrogen-bond acceptors (Lipinski definition) is 3. The molecular formula is C21H24BrFN4O2. The molecule has 1 atom stereocenters. The average Bonchev–Trinajstić information content (AvgIpc) is 2.73. The fraction of sp³-hybridized carbons (Fsp3) is 0.333. The van der Waals surface area contributed by atoms with Crippen LogP contribution in [0.15, 0.2) is 46.9 Å². The van der Waals surface area contributed by atoms with Crippen molar-refractivity contribution in [1.82, 2.24) is 10.6 Å². The van der Waals surface area contributed by atoms with Crippen LogP contribution in [0.2, 0.25) is 0 Å². The van der Waals surface area contributed by atoms with Gasteiger partial charge in [-0.25, -0.2) is 9.18 Å². The van der Waals surface area contributed by atoms with Gasteiger partial charge in [0.1, 0.15) is 5.82 Å². The highest BCUT2D eigenvalue weighted by molar-refractivity contribution is 9.10. The predicted octanol–water partition coefficient (Wildman–Crippen LogP) is 3.29. The molecule has 1 aliphatic heterocycles. The van der Waals surface area contributed by atoms with Crippen molar-refractivity contribution in [1.29, 1.82) is 0 Å². The van der Waals surface area contributed by atoms with Gasteiger partial charge < -0.3 is 21.3 Å². The number of piperidine rings is 1. The Morgan fingerprint density at radius 2 is 1.86 bits per heavy atom. The Hall–Kier alpha value is -2.61. The zero-order valence-corrected chi connectivity index (χ0v) is 17.5. The van der Waals surface area contributed by atoms with Crippen LogP contribution in [0.4, 0.5) is 14.9 Å². The number of benzene rings is 2. The maximum Gasteiger partial charge on any atom is 0.315 e. The van der Waals surface area contributed by atoms with Gasteiger partial charge in [-0.2, -0.15) is 0 Å². The van der Waals surface area contributed by atoms with Gasteiger partial charge in [0, 0.05) is 36.3 Å². The lowest BCUT2D eigenvalue weighted by Gasteiger charge is -2.33. The van der Waals surface area contributed by atoms with Gasteiger partial charge in [-0.1, -0.05) is 28.1 Å². The number of nitrogens with zero attached hydrogens (tertiary/aromatic N) is 1. The molecule has 29 heavy (non-hydrogen) atoms. The third kappa shape index (κ3) is 5.93. The first kappa shape index (κ1) is 21.1. The van der Waals surface area contributed by atoms with Crippen LogP contribution < -0.4 is 21.3 Å². The average molecular weight is 463 g/mol. The van der Waals surface area contributed by atoms with Crippen molar-refractivity contribution < 1.29 is 14.0 Å². The first-order chi connectivity index (χ1) is 13.9. The Morgan fingerprint density at radius 1 is 1.14 bits per heavy atom. The fourth-order valence-corrected chi connectivity index (χ4v) is 3.75. The van der Waals surface area contributed by atoms with E-state index in [1.165, 1.54) is 12.1 Å². The minimum Gasteiger partial charge on any atom is -0.371 e. The number of nitrogens with two attached hydrogens (primary N) is 1. The molecule has 4 N–H and O–H groups in total. The van der Waals surface area contributed by atoms with Crippen molar-refractivity contribution in [3.05, 3.63) is 63.9 Å². The Kier molecular flexibility index (Phi) is 7.09. The molecular weight excluding hydrogens is 439 g/mol. The van der Waals surface area contributed by atoms with Crippen molar-refractivity contribution in [3.8, 4) is 0 Å². The molecule has 0 aromatic heterocycles. The van der Waals surface area contributed by atoms with E-state index in [1.54, 1.807) is 6.07 Å². The summed E-state index contributed by atoms with van der Waals surface area (Å²) in [6, 6.07) is 11.9. The number of amides is 3. The van der Waals surface area contributed by atoms with Crippen molar-refractivity contribution in [3.63, 3.8) is 0 Å². The zero-order valence-electron chi connectivity index (χ0n) is 16.0. The van der Waals surface area contributed by atoms with E-state index in [0.29, 0.717) is 18.7 Å². The monoisotopic (exact) mass is 462 g/mol. The van der Waals surface area contributed by atoms with Gasteiger partial charge >= 0.3 is 6.03 Å². The van der Waals surface area contributed by atoms with Crippen LogP contribution in [0.3, 0.4) is 0 Å². The van der Waals surface area contributed by atoms with Crippen molar-refractivity contribution in [2.24, 2.45) is 11.7 Å². The van der Waals surface area contributed by atoms with Gasteiger partial charge in [0.2, 0.25) is 5.91 Å². The number of nitrogens with one attached hydrogen (secondary N) is 2. The maximum atomic E-state index is 13.3.